The van der Waals surface area contributed by atoms with Crippen LogP contribution in [0.3, 0.4) is 0 Å². The number of hydrogen-bond donors (Lipinski definition) is 1. The molecule has 1 unspecified atom stereocenters. The molecule has 1 saturated heterocycles. The number of nitrogens with two attached hydrogens (primary N) is 1. The second kappa shape index (κ2) is 6.26. The Labute approximate surface area is 127 Å². The molecule has 0 aromatic carbocycles. The van der Waals surface area contributed by atoms with Crippen molar-refractivity contribution in [1.82, 2.24) is 9.80 Å². The van der Waals surface area contributed by atoms with Gasteiger partial charge in [0.15, 0.2) is 0 Å². The molecule has 114 valence electrons. The van der Waals surface area contributed by atoms with Crippen molar-refractivity contribution in [3.8, 4) is 0 Å². The van der Waals surface area contributed by atoms with Crippen molar-refractivity contribution in [1.29, 1.82) is 0 Å². The molecular formula is C14H19N3O3S. The second-order valence-electron chi connectivity index (χ2n) is 5.25. The number of carbonyl (C=O) groups excluding carboxylic acids is 3. The first-order chi connectivity index (χ1) is 9.90. The van der Waals surface area contributed by atoms with Gasteiger partial charge in [-0.05, 0) is 23.9 Å². The Balaban J connectivity index is 2.20. The summed E-state index contributed by atoms with van der Waals surface area (Å²) in [6, 6.07) is 1.89. The summed E-state index contributed by atoms with van der Waals surface area (Å²) in [7, 11) is 0. The SMILES string of the molecule is CC(=O)N1CCN(C(=O)c2sccc2C)CC(C(N)=O)C1. The van der Waals surface area contributed by atoms with Crippen molar-refractivity contribution in [3.05, 3.63) is 21.9 Å². The fraction of sp³-hybridized carbons (Fsp3) is 0.500. The number of carbonyl (C=O) groups is 3. The highest BCUT2D eigenvalue weighted by Crippen LogP contribution is 2.20. The maximum Gasteiger partial charge on any atom is 0.264 e. The summed E-state index contributed by atoms with van der Waals surface area (Å²) < 4.78 is 0. The third-order valence-corrected chi connectivity index (χ3v) is 4.72. The Hall–Kier alpha value is -1.89. The first kappa shape index (κ1) is 15.5. The van der Waals surface area contributed by atoms with Crippen molar-refractivity contribution in [2.24, 2.45) is 11.7 Å². The molecule has 1 atom stereocenters. The van der Waals surface area contributed by atoms with Crippen LogP contribution in [0.2, 0.25) is 0 Å². The van der Waals surface area contributed by atoms with E-state index < -0.39 is 11.8 Å². The number of nitrogens with zero attached hydrogens (tertiary/aromatic N) is 2. The van der Waals surface area contributed by atoms with E-state index in [2.05, 4.69) is 0 Å². The molecule has 1 aliphatic rings. The van der Waals surface area contributed by atoms with Crippen molar-refractivity contribution < 1.29 is 14.4 Å². The summed E-state index contributed by atoms with van der Waals surface area (Å²) in [6.45, 7) is 4.72. The standard InChI is InChI=1S/C14H19N3O3S/c1-9-3-6-21-12(9)14(20)17-5-4-16(10(2)18)7-11(8-17)13(15)19/h3,6,11H,4-5,7-8H2,1-2H3,(H2,15,19). The molecule has 6 nitrogen and oxygen atoms in total. The molecule has 7 heteroatoms. The zero-order valence-electron chi connectivity index (χ0n) is 12.2. The molecular weight excluding hydrogens is 290 g/mol. The lowest BCUT2D eigenvalue weighted by Gasteiger charge is -2.22. The van der Waals surface area contributed by atoms with Gasteiger partial charge in [0.1, 0.15) is 0 Å². The fourth-order valence-electron chi connectivity index (χ4n) is 2.40. The van der Waals surface area contributed by atoms with Gasteiger partial charge in [0.25, 0.3) is 5.91 Å². The van der Waals surface area contributed by atoms with E-state index in [9.17, 15) is 14.4 Å². The van der Waals surface area contributed by atoms with Gasteiger partial charge in [-0.25, -0.2) is 0 Å². The number of amides is 3. The van der Waals surface area contributed by atoms with E-state index >= 15 is 0 Å². The van der Waals surface area contributed by atoms with Crippen LogP contribution in [0.25, 0.3) is 0 Å². The molecule has 1 aliphatic heterocycles. The minimum atomic E-state index is -0.527. The van der Waals surface area contributed by atoms with Crippen molar-refractivity contribution >= 4 is 29.1 Å². The zero-order chi connectivity index (χ0) is 15.6. The largest absolute Gasteiger partial charge is 0.369 e. The quantitative estimate of drug-likeness (QED) is 0.861. The molecule has 0 bridgehead atoms. The minimum absolute atomic E-state index is 0.0980. The number of hydrogen-bond acceptors (Lipinski definition) is 4. The van der Waals surface area contributed by atoms with Gasteiger partial charge in [-0.15, -0.1) is 11.3 Å². The van der Waals surface area contributed by atoms with E-state index in [-0.39, 0.29) is 24.9 Å². The Kier molecular flexibility index (Phi) is 4.62. The smallest absolute Gasteiger partial charge is 0.264 e. The van der Waals surface area contributed by atoms with Gasteiger partial charge in [0.05, 0.1) is 10.8 Å². The van der Waals surface area contributed by atoms with Crippen LogP contribution in [0.15, 0.2) is 11.4 Å². The topological polar surface area (TPSA) is 83.7 Å². The second-order valence-corrected chi connectivity index (χ2v) is 6.16. The summed E-state index contributed by atoms with van der Waals surface area (Å²) >= 11 is 1.39. The molecule has 3 amide bonds. The third-order valence-electron chi connectivity index (χ3n) is 3.71. The average molecular weight is 309 g/mol. The van der Waals surface area contributed by atoms with E-state index in [1.165, 1.54) is 18.3 Å². The highest BCUT2D eigenvalue weighted by molar-refractivity contribution is 7.12. The molecule has 2 N–H and O–H groups in total. The molecule has 1 fully saturated rings. The van der Waals surface area contributed by atoms with Crippen LogP contribution >= 0.6 is 11.3 Å². The van der Waals surface area contributed by atoms with Crippen LogP contribution in [0.1, 0.15) is 22.2 Å². The lowest BCUT2D eigenvalue weighted by atomic mass is 10.1. The van der Waals surface area contributed by atoms with Gasteiger partial charge in [-0.2, -0.15) is 0 Å². The maximum atomic E-state index is 12.6. The zero-order valence-corrected chi connectivity index (χ0v) is 13.0. The number of thiophene rings is 1. The molecule has 21 heavy (non-hydrogen) atoms. The van der Waals surface area contributed by atoms with Crippen LogP contribution in [0.4, 0.5) is 0 Å². The summed E-state index contributed by atoms with van der Waals surface area (Å²) in [5.74, 6) is -1.22. The molecule has 1 aromatic rings. The van der Waals surface area contributed by atoms with Crippen molar-refractivity contribution in [3.63, 3.8) is 0 Å². The first-order valence-corrected chi connectivity index (χ1v) is 7.66. The minimum Gasteiger partial charge on any atom is -0.369 e. The number of aryl methyl sites for hydroxylation is 1. The van der Waals surface area contributed by atoms with Crippen LogP contribution in [0.5, 0.6) is 0 Å². The average Bonchev–Trinajstić information content (AvgIpc) is 2.72. The van der Waals surface area contributed by atoms with E-state index in [1.54, 1.807) is 9.80 Å². The Morgan fingerprint density at radius 2 is 1.86 bits per heavy atom. The highest BCUT2D eigenvalue weighted by atomic mass is 32.1. The lowest BCUT2D eigenvalue weighted by molar-refractivity contribution is -0.130. The predicted octanol–water partition coefficient (Wildman–Crippen LogP) is 0.462. The maximum absolute atomic E-state index is 12.6. The van der Waals surface area contributed by atoms with Gasteiger partial charge < -0.3 is 15.5 Å². The summed E-state index contributed by atoms with van der Waals surface area (Å²) in [5, 5.41) is 1.87. The Morgan fingerprint density at radius 1 is 1.24 bits per heavy atom. The fourth-order valence-corrected chi connectivity index (χ4v) is 3.29. The van der Waals surface area contributed by atoms with Crippen molar-refractivity contribution in [2.45, 2.75) is 13.8 Å². The van der Waals surface area contributed by atoms with Gasteiger partial charge >= 0.3 is 0 Å². The molecule has 2 heterocycles. The number of rotatable bonds is 2. The Bertz CT molecular complexity index is 570. The van der Waals surface area contributed by atoms with E-state index in [0.29, 0.717) is 18.0 Å². The third kappa shape index (κ3) is 3.41. The molecule has 0 radical (unpaired) electrons. The van der Waals surface area contributed by atoms with Gasteiger partial charge in [0, 0.05) is 33.1 Å². The van der Waals surface area contributed by atoms with E-state index in [4.69, 9.17) is 5.73 Å². The first-order valence-electron chi connectivity index (χ1n) is 6.78. The van der Waals surface area contributed by atoms with Crippen LogP contribution in [-0.2, 0) is 9.59 Å². The van der Waals surface area contributed by atoms with Crippen LogP contribution < -0.4 is 5.73 Å². The van der Waals surface area contributed by atoms with Crippen LogP contribution in [-0.4, -0.2) is 53.7 Å². The molecule has 1 aromatic heterocycles. The highest BCUT2D eigenvalue weighted by Gasteiger charge is 2.30. The molecule has 0 saturated carbocycles. The predicted molar refractivity (Wildman–Crippen MR) is 79.9 cm³/mol. The summed E-state index contributed by atoms with van der Waals surface area (Å²) in [6.07, 6.45) is 0. The van der Waals surface area contributed by atoms with Gasteiger partial charge in [-0.3, -0.25) is 14.4 Å². The van der Waals surface area contributed by atoms with Crippen molar-refractivity contribution in [2.75, 3.05) is 26.2 Å². The number of primary amides is 1. The van der Waals surface area contributed by atoms with E-state index in [1.807, 2.05) is 18.4 Å². The molecule has 2 rings (SSSR count). The van der Waals surface area contributed by atoms with E-state index in [0.717, 1.165) is 5.56 Å². The normalized spacial score (nSPS) is 19.2. The van der Waals surface area contributed by atoms with Gasteiger partial charge in [0.2, 0.25) is 11.8 Å². The monoisotopic (exact) mass is 309 g/mol. The lowest BCUT2D eigenvalue weighted by Crippen LogP contribution is -2.40. The van der Waals surface area contributed by atoms with Gasteiger partial charge in [-0.1, -0.05) is 0 Å². The molecule has 0 aliphatic carbocycles. The Morgan fingerprint density at radius 3 is 2.38 bits per heavy atom. The summed E-state index contributed by atoms with van der Waals surface area (Å²) in [5.41, 5.74) is 6.32. The van der Waals surface area contributed by atoms with Crippen LogP contribution in [0, 0.1) is 12.8 Å². The summed E-state index contributed by atoms with van der Waals surface area (Å²) in [4.78, 5) is 39.5. The molecule has 0 spiro atoms.